The molecule has 0 spiro atoms. The predicted octanol–water partition coefficient (Wildman–Crippen LogP) is -0.245. The maximum Gasteiger partial charge on any atom is 0.330 e. The normalized spacial score (nSPS) is 35.3. The van der Waals surface area contributed by atoms with E-state index in [1.807, 2.05) is 0 Å². The Bertz CT molecular complexity index is 945. The lowest BCUT2D eigenvalue weighted by atomic mass is 9.96. The molecule has 0 aliphatic carbocycles. The van der Waals surface area contributed by atoms with E-state index in [0.29, 0.717) is 0 Å². The number of ether oxygens (including phenoxy) is 2. The molecule has 3 N–H and O–H groups in total. The van der Waals surface area contributed by atoms with Crippen molar-refractivity contribution < 1.29 is 28.4 Å². The fourth-order valence-electron chi connectivity index (χ4n) is 3.20. The van der Waals surface area contributed by atoms with Crippen LogP contribution in [0.3, 0.4) is 0 Å². The van der Waals surface area contributed by atoms with Gasteiger partial charge in [-0.3, -0.25) is 19.1 Å². The first kappa shape index (κ1) is 22.3. The highest BCUT2D eigenvalue weighted by molar-refractivity contribution is 8.09. The second kappa shape index (κ2) is 8.03. The van der Waals surface area contributed by atoms with Gasteiger partial charge in [-0.1, -0.05) is 0 Å². The number of nitrogens with one attached hydrogen (secondary N) is 2. The van der Waals surface area contributed by atoms with Gasteiger partial charge >= 0.3 is 11.7 Å². The molecule has 0 amide bonds. The van der Waals surface area contributed by atoms with Crippen LogP contribution in [0, 0.1) is 0 Å². The topological polar surface area (TPSA) is 141 Å². The first-order valence-electron chi connectivity index (χ1n) is 9.03. The fourth-order valence-corrected chi connectivity index (χ4v) is 5.90. The summed E-state index contributed by atoms with van der Waals surface area (Å²) in [6.07, 6.45) is -1.81. The SMILES string of the molecule is CC(C)OC(=O)C(C)NP1(=S)OC[C@H]2O[C@@H](n3ccc(=O)[nH]c3=O)[C@](C)(O)[C@@H]2O1. The average molecular weight is 449 g/mol. The van der Waals surface area contributed by atoms with E-state index in [9.17, 15) is 19.5 Å². The van der Waals surface area contributed by atoms with Crippen LogP contribution in [0.15, 0.2) is 21.9 Å². The van der Waals surface area contributed by atoms with Gasteiger partial charge in [0.25, 0.3) is 12.2 Å². The molecule has 3 rings (SSSR count). The number of rotatable bonds is 5. The van der Waals surface area contributed by atoms with Crippen LogP contribution in [0.1, 0.15) is 33.9 Å². The lowest BCUT2D eigenvalue weighted by Gasteiger charge is -2.38. The first-order chi connectivity index (χ1) is 13.4. The van der Waals surface area contributed by atoms with E-state index in [0.717, 1.165) is 10.6 Å². The number of aromatic amines is 1. The van der Waals surface area contributed by atoms with E-state index in [1.54, 1.807) is 20.8 Å². The number of aliphatic hydroxyl groups is 1. The van der Waals surface area contributed by atoms with Crippen LogP contribution in [0.2, 0.25) is 0 Å². The number of carbonyl (C=O) groups is 1. The molecule has 6 atom stereocenters. The van der Waals surface area contributed by atoms with E-state index in [4.69, 9.17) is 30.3 Å². The van der Waals surface area contributed by atoms with E-state index >= 15 is 0 Å². The number of hydrogen-bond donors (Lipinski definition) is 3. The molecule has 2 fully saturated rings. The quantitative estimate of drug-likeness (QED) is 0.407. The maximum absolute atomic E-state index is 12.1. The summed E-state index contributed by atoms with van der Waals surface area (Å²) in [5, 5.41) is 13.9. The van der Waals surface area contributed by atoms with Crippen molar-refractivity contribution in [2.45, 2.75) is 63.9 Å². The number of carbonyl (C=O) groups excluding carboxylic acids is 1. The zero-order valence-electron chi connectivity index (χ0n) is 16.4. The second-order valence-corrected chi connectivity index (χ2v) is 10.6. The molecule has 0 bridgehead atoms. The standard InChI is InChI=1S/C16H24N3O8PS/c1-8(2)25-13(21)9(3)18-28(29)24-7-10-12(27-28)16(4,23)14(26-10)19-6-5-11(20)17-15(19)22/h5-6,8-10,12,14,23H,7H2,1-4H3,(H,18,29)(H,17,20,22)/t9?,10-,12-,14-,16-,28?/m1/s1. The monoisotopic (exact) mass is 449 g/mol. The number of hydrogen-bond acceptors (Lipinski definition) is 9. The summed E-state index contributed by atoms with van der Waals surface area (Å²) in [4.78, 5) is 37.6. The molecule has 11 nitrogen and oxygen atoms in total. The number of aromatic nitrogens is 2. The summed E-state index contributed by atoms with van der Waals surface area (Å²) < 4.78 is 23.5. The average Bonchev–Trinajstić information content (AvgIpc) is 2.85. The third kappa shape index (κ3) is 4.53. The van der Waals surface area contributed by atoms with Gasteiger partial charge in [0.05, 0.1) is 12.7 Å². The molecule has 1 aromatic heterocycles. The molecule has 162 valence electrons. The summed E-state index contributed by atoms with van der Waals surface area (Å²) >= 11 is 5.45. The Morgan fingerprint density at radius 1 is 1.48 bits per heavy atom. The highest BCUT2D eigenvalue weighted by Crippen LogP contribution is 2.55. The molecule has 29 heavy (non-hydrogen) atoms. The van der Waals surface area contributed by atoms with E-state index < -0.39 is 53.9 Å². The van der Waals surface area contributed by atoms with Gasteiger partial charge in [0, 0.05) is 12.3 Å². The molecular weight excluding hydrogens is 425 g/mol. The highest BCUT2D eigenvalue weighted by atomic mass is 32.5. The Hall–Kier alpha value is -1.40. The molecule has 2 unspecified atom stereocenters. The van der Waals surface area contributed by atoms with Gasteiger partial charge in [0.1, 0.15) is 23.9 Å². The van der Waals surface area contributed by atoms with Crippen LogP contribution >= 0.6 is 6.64 Å². The zero-order chi connectivity index (χ0) is 21.6. The van der Waals surface area contributed by atoms with Crippen molar-refractivity contribution in [1.82, 2.24) is 14.6 Å². The minimum atomic E-state index is -3.16. The molecular formula is C16H24N3O8PS. The number of fused-ring (bicyclic) bond motifs is 1. The Balaban J connectivity index is 1.79. The van der Waals surface area contributed by atoms with Crippen LogP contribution in [0.4, 0.5) is 0 Å². The summed E-state index contributed by atoms with van der Waals surface area (Å²) in [5.41, 5.74) is -2.96. The van der Waals surface area contributed by atoms with Crippen LogP contribution in [0.25, 0.3) is 0 Å². The fraction of sp³-hybridized carbons (Fsp3) is 0.688. The Morgan fingerprint density at radius 2 is 2.17 bits per heavy atom. The molecule has 1 aromatic rings. The third-order valence-electron chi connectivity index (χ3n) is 4.54. The molecule has 3 heterocycles. The van der Waals surface area contributed by atoms with Gasteiger partial charge < -0.3 is 23.6 Å². The summed E-state index contributed by atoms with van der Waals surface area (Å²) in [6.45, 7) is 3.31. The highest BCUT2D eigenvalue weighted by Gasteiger charge is 2.59. The Morgan fingerprint density at radius 3 is 2.79 bits per heavy atom. The van der Waals surface area contributed by atoms with Crippen LogP contribution in [-0.2, 0) is 35.1 Å². The number of esters is 1. The van der Waals surface area contributed by atoms with Gasteiger partial charge in [-0.15, -0.1) is 0 Å². The van der Waals surface area contributed by atoms with E-state index in [2.05, 4.69) is 10.1 Å². The first-order valence-corrected chi connectivity index (χ1v) is 11.7. The smallest absolute Gasteiger partial charge is 0.330 e. The van der Waals surface area contributed by atoms with E-state index in [-0.39, 0.29) is 12.7 Å². The summed E-state index contributed by atoms with van der Waals surface area (Å²) in [7, 11) is 0. The molecule has 0 radical (unpaired) electrons. The lowest BCUT2D eigenvalue weighted by Crippen LogP contribution is -2.50. The van der Waals surface area contributed by atoms with Crippen LogP contribution in [0.5, 0.6) is 0 Å². The van der Waals surface area contributed by atoms with Crippen LogP contribution < -0.4 is 16.3 Å². The summed E-state index contributed by atoms with van der Waals surface area (Å²) in [6, 6.07) is 0.360. The molecule has 2 aliphatic rings. The lowest BCUT2D eigenvalue weighted by molar-refractivity contribution is -0.149. The minimum Gasteiger partial charge on any atom is -0.462 e. The second-order valence-electron chi connectivity index (χ2n) is 7.43. The summed E-state index contributed by atoms with van der Waals surface area (Å²) in [5.74, 6) is -0.509. The molecule has 0 aromatic carbocycles. The molecule has 13 heteroatoms. The minimum absolute atomic E-state index is 0.00829. The van der Waals surface area contributed by atoms with Crippen LogP contribution in [-0.4, -0.2) is 57.2 Å². The number of nitrogens with zero attached hydrogens (tertiary/aromatic N) is 1. The van der Waals surface area contributed by atoms with Gasteiger partial charge in [-0.05, 0) is 39.5 Å². The van der Waals surface area contributed by atoms with Crippen molar-refractivity contribution in [1.29, 1.82) is 0 Å². The van der Waals surface area contributed by atoms with Crippen molar-refractivity contribution in [3.05, 3.63) is 33.1 Å². The Labute approximate surface area is 171 Å². The van der Waals surface area contributed by atoms with Gasteiger partial charge in [-0.25, -0.2) is 9.88 Å². The zero-order valence-corrected chi connectivity index (χ0v) is 18.1. The van der Waals surface area contributed by atoms with E-state index in [1.165, 1.54) is 13.1 Å². The van der Waals surface area contributed by atoms with Crippen molar-refractivity contribution in [2.24, 2.45) is 0 Å². The van der Waals surface area contributed by atoms with Crippen molar-refractivity contribution in [3.8, 4) is 0 Å². The maximum atomic E-state index is 12.1. The Kier molecular flexibility index (Phi) is 6.17. The number of H-pyrrole nitrogens is 1. The van der Waals surface area contributed by atoms with Gasteiger partial charge in [-0.2, -0.15) is 0 Å². The predicted molar refractivity (Wildman–Crippen MR) is 105 cm³/mol. The largest absolute Gasteiger partial charge is 0.462 e. The van der Waals surface area contributed by atoms with Crippen molar-refractivity contribution in [2.75, 3.05) is 6.61 Å². The van der Waals surface area contributed by atoms with Gasteiger partial charge in [0.15, 0.2) is 6.23 Å². The molecule has 2 saturated heterocycles. The molecule has 0 saturated carbocycles. The van der Waals surface area contributed by atoms with Crippen molar-refractivity contribution >= 4 is 24.4 Å². The molecule has 2 aliphatic heterocycles. The third-order valence-corrected chi connectivity index (χ3v) is 7.13. The van der Waals surface area contributed by atoms with Crippen molar-refractivity contribution in [3.63, 3.8) is 0 Å². The van der Waals surface area contributed by atoms with Gasteiger partial charge in [0.2, 0.25) is 0 Å².